The summed E-state index contributed by atoms with van der Waals surface area (Å²) in [6.07, 6.45) is 7.26. The first-order valence-electron chi connectivity index (χ1n) is 7.41. The van der Waals surface area contributed by atoms with Crippen molar-refractivity contribution in [3.8, 4) is 0 Å². The van der Waals surface area contributed by atoms with E-state index in [2.05, 4.69) is 21.2 Å². The number of carboxylic acid groups (broad SMARTS) is 1. The van der Waals surface area contributed by atoms with Crippen LogP contribution >= 0.6 is 15.9 Å². The Balaban J connectivity index is 1.70. The Hall–Kier alpha value is -1.30. The number of aromatic nitrogens is 1. The molecule has 1 aromatic rings. The van der Waals surface area contributed by atoms with E-state index in [0.29, 0.717) is 24.6 Å². The lowest BCUT2D eigenvalue weighted by Gasteiger charge is -2.24. The molecule has 5 nitrogen and oxygen atoms in total. The number of carbonyl (C=O) groups is 2. The largest absolute Gasteiger partial charge is 0.481 e. The van der Waals surface area contributed by atoms with E-state index in [0.717, 1.165) is 30.2 Å². The summed E-state index contributed by atoms with van der Waals surface area (Å²) in [6.45, 7) is 0.217. The van der Waals surface area contributed by atoms with Gasteiger partial charge in [-0.3, -0.25) is 9.59 Å². The van der Waals surface area contributed by atoms with Gasteiger partial charge in [-0.05, 0) is 47.7 Å². The summed E-state index contributed by atoms with van der Waals surface area (Å²) < 4.78 is 2.87. The Labute approximate surface area is 131 Å². The zero-order valence-corrected chi connectivity index (χ0v) is 13.4. The summed E-state index contributed by atoms with van der Waals surface area (Å²) in [5.74, 6) is -0.973. The summed E-state index contributed by atoms with van der Waals surface area (Å²) in [7, 11) is 0. The first-order valence-corrected chi connectivity index (χ1v) is 8.20. The van der Waals surface area contributed by atoms with Crippen LogP contribution in [0.5, 0.6) is 0 Å². The Morgan fingerprint density at radius 1 is 1.38 bits per heavy atom. The number of halogens is 1. The van der Waals surface area contributed by atoms with Crippen molar-refractivity contribution in [2.24, 2.45) is 5.41 Å². The maximum absolute atomic E-state index is 12.4. The van der Waals surface area contributed by atoms with E-state index in [4.69, 9.17) is 0 Å². The van der Waals surface area contributed by atoms with Crippen LogP contribution in [0.25, 0.3) is 0 Å². The summed E-state index contributed by atoms with van der Waals surface area (Å²) in [6, 6.07) is 2.22. The smallest absolute Gasteiger partial charge is 0.311 e. The van der Waals surface area contributed by atoms with Gasteiger partial charge in [0.2, 0.25) is 0 Å². The molecule has 2 N–H and O–H groups in total. The van der Waals surface area contributed by atoms with Crippen LogP contribution in [0.15, 0.2) is 16.7 Å². The van der Waals surface area contributed by atoms with Crippen LogP contribution in [0, 0.1) is 5.41 Å². The normalized spacial score (nSPS) is 20.4. The maximum Gasteiger partial charge on any atom is 0.311 e. The molecule has 0 aliphatic heterocycles. The minimum Gasteiger partial charge on any atom is -0.481 e. The Kier molecular flexibility index (Phi) is 3.82. The van der Waals surface area contributed by atoms with Gasteiger partial charge in [-0.2, -0.15) is 0 Å². The first-order chi connectivity index (χ1) is 10.0. The molecule has 1 heterocycles. The minimum atomic E-state index is -0.793. The number of carboxylic acids is 1. The third-order valence-corrected chi connectivity index (χ3v) is 5.02. The fourth-order valence-corrected chi connectivity index (χ4v) is 3.58. The zero-order valence-electron chi connectivity index (χ0n) is 11.8. The van der Waals surface area contributed by atoms with Crippen molar-refractivity contribution in [1.82, 2.24) is 9.88 Å². The molecule has 2 aliphatic carbocycles. The topological polar surface area (TPSA) is 71.3 Å². The van der Waals surface area contributed by atoms with Crippen LogP contribution < -0.4 is 5.32 Å². The lowest BCUT2D eigenvalue weighted by molar-refractivity contribution is -0.148. The molecule has 0 spiro atoms. The van der Waals surface area contributed by atoms with Gasteiger partial charge in [-0.15, -0.1) is 0 Å². The molecule has 114 valence electrons. The van der Waals surface area contributed by atoms with E-state index in [1.54, 1.807) is 6.07 Å². The van der Waals surface area contributed by atoms with Crippen molar-refractivity contribution < 1.29 is 14.7 Å². The Morgan fingerprint density at radius 3 is 2.62 bits per heavy atom. The van der Waals surface area contributed by atoms with Gasteiger partial charge in [-0.25, -0.2) is 0 Å². The number of nitrogens with zero attached hydrogens (tertiary/aromatic N) is 1. The molecule has 0 aromatic carbocycles. The highest BCUT2D eigenvalue weighted by atomic mass is 79.9. The minimum absolute atomic E-state index is 0.180. The van der Waals surface area contributed by atoms with Crippen LogP contribution in [0.3, 0.4) is 0 Å². The van der Waals surface area contributed by atoms with Crippen molar-refractivity contribution >= 4 is 27.8 Å². The van der Waals surface area contributed by atoms with E-state index in [-0.39, 0.29) is 12.5 Å². The molecule has 2 saturated carbocycles. The lowest BCUT2D eigenvalue weighted by atomic mass is 9.86. The third kappa shape index (κ3) is 2.86. The second-order valence-electron chi connectivity index (χ2n) is 6.16. The standard InChI is InChI=1S/C15H19BrN2O3/c16-10-7-12(18(8-10)11-3-4-11)13(19)17-9-15(14(20)21)5-1-2-6-15/h7-8,11H,1-6,9H2,(H,17,19)(H,20,21). The summed E-state index contributed by atoms with van der Waals surface area (Å²) in [5, 5.41) is 12.3. The van der Waals surface area contributed by atoms with Crippen LogP contribution in [-0.2, 0) is 4.79 Å². The molecule has 1 aromatic heterocycles. The third-order valence-electron chi connectivity index (χ3n) is 4.59. The number of hydrogen-bond acceptors (Lipinski definition) is 2. The first kappa shape index (κ1) is 14.6. The fourth-order valence-electron chi connectivity index (χ4n) is 3.14. The second kappa shape index (κ2) is 5.48. The van der Waals surface area contributed by atoms with Crippen molar-refractivity contribution in [3.63, 3.8) is 0 Å². The molecule has 0 saturated heterocycles. The second-order valence-corrected chi connectivity index (χ2v) is 7.07. The van der Waals surface area contributed by atoms with Crippen molar-refractivity contribution in [2.75, 3.05) is 6.54 Å². The zero-order chi connectivity index (χ0) is 15.0. The number of nitrogens with one attached hydrogen (secondary N) is 1. The lowest BCUT2D eigenvalue weighted by Crippen LogP contribution is -2.41. The van der Waals surface area contributed by atoms with Gasteiger partial charge in [0.25, 0.3) is 5.91 Å². The summed E-state index contributed by atoms with van der Waals surface area (Å²) >= 11 is 3.40. The van der Waals surface area contributed by atoms with Crippen LogP contribution in [0.1, 0.15) is 55.1 Å². The molecule has 0 radical (unpaired) electrons. The monoisotopic (exact) mass is 354 g/mol. The molecular formula is C15H19BrN2O3. The molecular weight excluding hydrogens is 336 g/mol. The van der Waals surface area contributed by atoms with E-state index in [9.17, 15) is 14.7 Å². The molecule has 0 unspecified atom stereocenters. The van der Waals surface area contributed by atoms with E-state index in [1.165, 1.54) is 0 Å². The van der Waals surface area contributed by atoms with Crippen molar-refractivity contribution in [3.05, 3.63) is 22.4 Å². The number of aliphatic carboxylic acids is 1. The SMILES string of the molecule is O=C(NCC1(C(=O)O)CCCC1)c1cc(Br)cn1C1CC1. The molecule has 0 bridgehead atoms. The number of amides is 1. The molecule has 0 atom stereocenters. The quantitative estimate of drug-likeness (QED) is 0.853. The van der Waals surface area contributed by atoms with Crippen molar-refractivity contribution in [1.29, 1.82) is 0 Å². The molecule has 2 fully saturated rings. The van der Waals surface area contributed by atoms with Gasteiger partial charge in [0.15, 0.2) is 0 Å². The van der Waals surface area contributed by atoms with Gasteiger partial charge < -0.3 is 15.0 Å². The van der Waals surface area contributed by atoms with Gasteiger partial charge in [0, 0.05) is 23.3 Å². The molecule has 21 heavy (non-hydrogen) atoms. The highest BCUT2D eigenvalue weighted by Gasteiger charge is 2.41. The van der Waals surface area contributed by atoms with Crippen molar-refractivity contribution in [2.45, 2.75) is 44.6 Å². The van der Waals surface area contributed by atoms with Gasteiger partial charge >= 0.3 is 5.97 Å². The Bertz CT molecular complexity index is 571. The molecule has 2 aliphatic rings. The van der Waals surface area contributed by atoms with Crippen LogP contribution in [-0.4, -0.2) is 28.1 Å². The summed E-state index contributed by atoms with van der Waals surface area (Å²) in [5.41, 5.74) is -0.160. The predicted octanol–water partition coefficient (Wildman–Crippen LogP) is 2.96. The average molecular weight is 355 g/mol. The number of rotatable bonds is 5. The van der Waals surface area contributed by atoms with Crippen LogP contribution in [0.2, 0.25) is 0 Å². The van der Waals surface area contributed by atoms with E-state index in [1.807, 2.05) is 10.8 Å². The summed E-state index contributed by atoms with van der Waals surface area (Å²) in [4.78, 5) is 23.9. The predicted molar refractivity (Wildman–Crippen MR) is 81.3 cm³/mol. The molecule has 3 rings (SSSR count). The van der Waals surface area contributed by atoms with Gasteiger partial charge in [0.05, 0.1) is 5.41 Å². The number of hydrogen-bond donors (Lipinski definition) is 2. The molecule has 6 heteroatoms. The number of carbonyl (C=O) groups excluding carboxylic acids is 1. The molecule has 1 amide bonds. The highest BCUT2D eigenvalue weighted by Crippen LogP contribution is 2.39. The highest BCUT2D eigenvalue weighted by molar-refractivity contribution is 9.10. The van der Waals surface area contributed by atoms with E-state index >= 15 is 0 Å². The fraction of sp³-hybridized carbons (Fsp3) is 0.600. The van der Waals surface area contributed by atoms with Gasteiger partial charge in [-0.1, -0.05) is 12.8 Å². The average Bonchev–Trinajstić information content (AvgIpc) is 3.04. The maximum atomic E-state index is 12.4. The Morgan fingerprint density at radius 2 is 2.05 bits per heavy atom. The van der Waals surface area contributed by atoms with Gasteiger partial charge in [0.1, 0.15) is 5.69 Å². The van der Waals surface area contributed by atoms with E-state index < -0.39 is 11.4 Å². The van der Waals surface area contributed by atoms with Crippen LogP contribution in [0.4, 0.5) is 0 Å².